The first-order chi connectivity index (χ1) is 11.9. The lowest BCUT2D eigenvalue weighted by molar-refractivity contribution is -0.131. The number of carbonyl (C=O) groups is 2. The highest BCUT2D eigenvalue weighted by atomic mass is 16.2. The number of hydrogen-bond donors (Lipinski definition) is 2. The highest BCUT2D eigenvalue weighted by molar-refractivity contribution is 5.92. The van der Waals surface area contributed by atoms with Crippen LogP contribution >= 0.6 is 0 Å². The Morgan fingerprint density at radius 2 is 1.80 bits per heavy atom. The van der Waals surface area contributed by atoms with Gasteiger partial charge in [0.25, 0.3) is 11.5 Å². The molecule has 132 valence electrons. The largest absolute Gasteiger partial charge is 0.362 e. The zero-order chi connectivity index (χ0) is 18.0. The Morgan fingerprint density at radius 3 is 2.36 bits per heavy atom. The van der Waals surface area contributed by atoms with Gasteiger partial charge >= 0.3 is 0 Å². The molecule has 8 heteroatoms. The van der Waals surface area contributed by atoms with E-state index in [2.05, 4.69) is 15.2 Å². The van der Waals surface area contributed by atoms with Gasteiger partial charge in [-0.1, -0.05) is 0 Å². The van der Waals surface area contributed by atoms with Gasteiger partial charge in [0.1, 0.15) is 5.69 Å². The topological polar surface area (TPSA) is 102 Å². The molecule has 0 radical (unpaired) electrons. The third kappa shape index (κ3) is 3.78. The lowest BCUT2D eigenvalue weighted by Gasteiger charge is -2.34. The highest BCUT2D eigenvalue weighted by Crippen LogP contribution is 2.13. The van der Waals surface area contributed by atoms with Gasteiger partial charge in [0.05, 0.1) is 6.42 Å². The number of aromatic nitrogens is 3. The molecule has 1 fully saturated rings. The van der Waals surface area contributed by atoms with Crippen LogP contribution in [0.2, 0.25) is 0 Å². The first-order valence-electron chi connectivity index (χ1n) is 8.22. The summed E-state index contributed by atoms with van der Waals surface area (Å²) in [5, 5.41) is 6.02. The van der Waals surface area contributed by atoms with Crippen LogP contribution < -0.4 is 5.56 Å². The van der Waals surface area contributed by atoms with Gasteiger partial charge in [0.2, 0.25) is 5.91 Å². The fraction of sp³-hybridized carbons (Fsp3) is 0.412. The molecule has 0 saturated carbocycles. The molecule has 2 amide bonds. The number of carbonyl (C=O) groups excluding carboxylic acids is 2. The van der Waals surface area contributed by atoms with Crippen molar-refractivity contribution in [3.8, 4) is 0 Å². The molecule has 0 spiro atoms. The van der Waals surface area contributed by atoms with Crippen LogP contribution in [-0.4, -0.2) is 63.0 Å². The molecule has 3 heterocycles. The Morgan fingerprint density at radius 1 is 1.12 bits per heavy atom. The zero-order valence-electron chi connectivity index (χ0n) is 14.3. The molecule has 1 aliphatic rings. The molecule has 2 aromatic heterocycles. The van der Waals surface area contributed by atoms with Crippen LogP contribution in [0.5, 0.6) is 0 Å². The molecular weight excluding hydrogens is 322 g/mol. The zero-order valence-corrected chi connectivity index (χ0v) is 14.3. The molecule has 3 rings (SSSR count). The van der Waals surface area contributed by atoms with Gasteiger partial charge in [-0.05, 0) is 31.5 Å². The summed E-state index contributed by atoms with van der Waals surface area (Å²) < 4.78 is 0. The van der Waals surface area contributed by atoms with Crippen molar-refractivity contribution in [1.82, 2.24) is 25.0 Å². The minimum Gasteiger partial charge on any atom is -0.362 e. The second-order valence-electron chi connectivity index (χ2n) is 6.26. The van der Waals surface area contributed by atoms with Crippen LogP contribution in [0.25, 0.3) is 0 Å². The standard InChI is InChI=1S/C17H21N5O3/c1-11-9-13(12(2)18-11)10-16(24)21-5-7-22(8-6-21)17(25)14-3-4-15(23)20-19-14/h3-4,9,18H,5-8,10H2,1-2H3,(H,20,23). The van der Waals surface area contributed by atoms with Gasteiger partial charge in [-0.3, -0.25) is 14.4 Å². The molecule has 0 unspecified atom stereocenters. The molecule has 0 bridgehead atoms. The number of nitrogens with zero attached hydrogens (tertiary/aromatic N) is 3. The molecule has 2 N–H and O–H groups in total. The molecule has 25 heavy (non-hydrogen) atoms. The summed E-state index contributed by atoms with van der Waals surface area (Å²) in [7, 11) is 0. The smallest absolute Gasteiger partial charge is 0.274 e. The van der Waals surface area contributed by atoms with E-state index < -0.39 is 0 Å². The van der Waals surface area contributed by atoms with Crippen molar-refractivity contribution in [2.24, 2.45) is 0 Å². The predicted octanol–water partition coefficient (Wildman–Crippen LogP) is 0.242. The molecule has 1 aliphatic heterocycles. The van der Waals surface area contributed by atoms with Crippen LogP contribution in [0.1, 0.15) is 27.4 Å². The van der Waals surface area contributed by atoms with Crippen LogP contribution in [0.15, 0.2) is 23.0 Å². The molecule has 1 saturated heterocycles. The van der Waals surface area contributed by atoms with Gasteiger partial charge in [0, 0.05) is 43.6 Å². The number of H-pyrrole nitrogens is 2. The quantitative estimate of drug-likeness (QED) is 0.833. The first-order valence-corrected chi connectivity index (χ1v) is 8.22. The molecule has 0 aliphatic carbocycles. The van der Waals surface area contributed by atoms with E-state index in [0.29, 0.717) is 32.6 Å². The molecule has 0 atom stereocenters. The van der Waals surface area contributed by atoms with Crippen molar-refractivity contribution in [3.05, 3.63) is 51.2 Å². The lowest BCUT2D eigenvalue weighted by Crippen LogP contribution is -2.51. The maximum atomic E-state index is 12.5. The van der Waals surface area contributed by atoms with Gasteiger partial charge in [-0.2, -0.15) is 5.10 Å². The summed E-state index contributed by atoms with van der Waals surface area (Å²) in [4.78, 5) is 42.5. The monoisotopic (exact) mass is 343 g/mol. The second-order valence-corrected chi connectivity index (χ2v) is 6.26. The van der Waals surface area contributed by atoms with Crippen LogP contribution in [0.4, 0.5) is 0 Å². The molecule has 8 nitrogen and oxygen atoms in total. The maximum Gasteiger partial charge on any atom is 0.274 e. The Labute approximate surface area is 144 Å². The van der Waals surface area contributed by atoms with Gasteiger partial charge < -0.3 is 14.8 Å². The van der Waals surface area contributed by atoms with Gasteiger partial charge in [0.15, 0.2) is 0 Å². The van der Waals surface area contributed by atoms with E-state index in [0.717, 1.165) is 17.0 Å². The summed E-state index contributed by atoms with van der Waals surface area (Å²) in [6.45, 7) is 5.83. The van der Waals surface area contributed by atoms with E-state index in [-0.39, 0.29) is 23.1 Å². The second kappa shape index (κ2) is 6.92. The molecule has 2 aromatic rings. The number of amides is 2. The maximum absolute atomic E-state index is 12.5. The number of aromatic amines is 2. The SMILES string of the molecule is Cc1cc(CC(=O)N2CCN(C(=O)c3ccc(=O)[nH]n3)CC2)c(C)[nH]1. The van der Waals surface area contributed by atoms with Crippen LogP contribution in [0.3, 0.4) is 0 Å². The van der Waals surface area contributed by atoms with Crippen molar-refractivity contribution in [3.63, 3.8) is 0 Å². The summed E-state index contributed by atoms with van der Waals surface area (Å²) in [5.74, 6) is -0.170. The summed E-state index contributed by atoms with van der Waals surface area (Å²) in [6.07, 6.45) is 0.367. The summed E-state index contributed by atoms with van der Waals surface area (Å²) >= 11 is 0. The fourth-order valence-electron chi connectivity index (χ4n) is 3.02. The Bertz CT molecular complexity index is 826. The van der Waals surface area contributed by atoms with Crippen molar-refractivity contribution in [1.29, 1.82) is 0 Å². The van der Waals surface area contributed by atoms with Crippen molar-refractivity contribution >= 4 is 11.8 Å². The van der Waals surface area contributed by atoms with E-state index >= 15 is 0 Å². The third-order valence-electron chi connectivity index (χ3n) is 4.42. The third-order valence-corrected chi connectivity index (χ3v) is 4.42. The Hall–Kier alpha value is -2.90. The van der Waals surface area contributed by atoms with Crippen molar-refractivity contribution in [2.75, 3.05) is 26.2 Å². The average Bonchev–Trinajstić information content (AvgIpc) is 2.92. The fourth-order valence-corrected chi connectivity index (χ4v) is 3.02. The predicted molar refractivity (Wildman–Crippen MR) is 91.3 cm³/mol. The number of nitrogens with one attached hydrogen (secondary N) is 2. The minimum atomic E-state index is -0.345. The van der Waals surface area contributed by atoms with E-state index in [9.17, 15) is 14.4 Å². The van der Waals surface area contributed by atoms with Crippen LogP contribution in [0, 0.1) is 13.8 Å². The van der Waals surface area contributed by atoms with Crippen LogP contribution in [-0.2, 0) is 11.2 Å². The summed E-state index contributed by atoms with van der Waals surface area (Å²) in [6, 6.07) is 4.69. The molecule has 0 aromatic carbocycles. The Balaban J connectivity index is 1.57. The van der Waals surface area contributed by atoms with E-state index in [1.54, 1.807) is 9.80 Å². The number of piperazine rings is 1. The molecular formula is C17H21N5O3. The number of hydrogen-bond acceptors (Lipinski definition) is 4. The van der Waals surface area contributed by atoms with E-state index in [4.69, 9.17) is 0 Å². The normalized spacial score (nSPS) is 14.6. The first kappa shape index (κ1) is 16.9. The van der Waals surface area contributed by atoms with Gasteiger partial charge in [-0.25, -0.2) is 5.10 Å². The lowest BCUT2D eigenvalue weighted by atomic mass is 10.1. The van der Waals surface area contributed by atoms with E-state index in [1.165, 1.54) is 12.1 Å². The Kier molecular flexibility index (Phi) is 4.69. The number of rotatable bonds is 3. The number of aryl methyl sites for hydroxylation is 2. The van der Waals surface area contributed by atoms with E-state index in [1.807, 2.05) is 19.9 Å². The highest BCUT2D eigenvalue weighted by Gasteiger charge is 2.26. The average molecular weight is 343 g/mol. The van der Waals surface area contributed by atoms with Crippen molar-refractivity contribution in [2.45, 2.75) is 20.3 Å². The summed E-state index contributed by atoms with van der Waals surface area (Å²) in [5.41, 5.74) is 2.94. The van der Waals surface area contributed by atoms with Gasteiger partial charge in [-0.15, -0.1) is 0 Å². The van der Waals surface area contributed by atoms with Crippen molar-refractivity contribution < 1.29 is 9.59 Å². The minimum absolute atomic E-state index is 0.0661.